The van der Waals surface area contributed by atoms with Crippen molar-refractivity contribution in [2.24, 2.45) is 5.92 Å². The molecule has 6 rings (SSSR count). The molecule has 0 saturated carbocycles. The minimum Gasteiger partial charge on any atom is -0.432 e. The van der Waals surface area contributed by atoms with E-state index in [4.69, 9.17) is 4.84 Å². The van der Waals surface area contributed by atoms with Gasteiger partial charge in [0.2, 0.25) is 5.75 Å². The van der Waals surface area contributed by atoms with Gasteiger partial charge in [0, 0.05) is 67.6 Å². The molecule has 4 heterocycles. The topological polar surface area (TPSA) is 194 Å². The number of nitro groups is 1. The number of nitrogens with zero attached hydrogens (tertiary/aromatic N) is 5. The Labute approximate surface area is 299 Å². The fourth-order valence-corrected chi connectivity index (χ4v) is 7.48. The highest BCUT2D eigenvalue weighted by molar-refractivity contribution is 7.90. The number of hydrogen-bond donors (Lipinski definition) is 3. The first kappa shape index (κ1) is 36.7. The van der Waals surface area contributed by atoms with Gasteiger partial charge in [-0.1, -0.05) is 18.2 Å². The zero-order valence-corrected chi connectivity index (χ0v) is 29.2. The first-order chi connectivity index (χ1) is 24.9. The number of benzene rings is 2. The van der Waals surface area contributed by atoms with Crippen molar-refractivity contribution in [3.8, 4) is 16.9 Å². The number of carbonyl (C=O) groups is 2. The minimum absolute atomic E-state index is 0.0359. The number of piperidine rings is 1. The average Bonchev–Trinajstić information content (AvgIpc) is 3.63. The molecular weight excluding hydrogens is 697 g/mol. The van der Waals surface area contributed by atoms with Crippen molar-refractivity contribution in [2.45, 2.75) is 36.7 Å². The smallest absolute Gasteiger partial charge is 0.432 e. The summed E-state index contributed by atoms with van der Waals surface area (Å²) in [6.07, 6.45) is 3.92. The van der Waals surface area contributed by atoms with Crippen LogP contribution in [0.1, 0.15) is 25.7 Å². The summed E-state index contributed by atoms with van der Waals surface area (Å²) in [5, 5.41) is 28.6. The number of nitrogens with one attached hydrogen (secondary N) is 2. The quantitative estimate of drug-likeness (QED) is 0.0745. The molecule has 2 saturated heterocycles. The van der Waals surface area contributed by atoms with Gasteiger partial charge in [-0.05, 0) is 54.8 Å². The van der Waals surface area contributed by atoms with Gasteiger partial charge in [0.05, 0.1) is 27.3 Å². The van der Waals surface area contributed by atoms with E-state index < -0.39 is 43.4 Å². The highest BCUT2D eigenvalue weighted by atomic mass is 32.2. The van der Waals surface area contributed by atoms with Crippen molar-refractivity contribution >= 4 is 44.1 Å². The molecule has 0 aliphatic carbocycles. The first-order valence-electron chi connectivity index (χ1n) is 16.9. The van der Waals surface area contributed by atoms with Crippen LogP contribution in [0, 0.1) is 21.8 Å². The number of carboxylic acid groups (broad SMARTS) is 1. The molecule has 3 unspecified atom stereocenters. The molecule has 2 fully saturated rings. The van der Waals surface area contributed by atoms with Gasteiger partial charge in [-0.3, -0.25) is 30.1 Å². The molecule has 4 aromatic rings. The number of anilines is 1. The molecular formula is C35H39FN7O8S+. The molecule has 2 aromatic heterocycles. The van der Waals surface area contributed by atoms with Crippen LogP contribution in [0.5, 0.6) is 5.75 Å². The third-order valence-corrected chi connectivity index (χ3v) is 10.7. The number of ketones is 1. The summed E-state index contributed by atoms with van der Waals surface area (Å²) < 4.78 is 38.5. The van der Waals surface area contributed by atoms with E-state index >= 15 is 4.39 Å². The second-order valence-corrected chi connectivity index (χ2v) is 15.1. The number of quaternary nitrogens is 1. The second kappa shape index (κ2) is 15.2. The Bertz CT molecular complexity index is 2100. The maximum absolute atomic E-state index is 15.3. The Hall–Kier alpha value is -5.10. The predicted octanol–water partition coefficient (Wildman–Crippen LogP) is 4.64. The van der Waals surface area contributed by atoms with Crippen LogP contribution in [0.2, 0.25) is 0 Å². The molecule has 0 spiro atoms. The standard InChI is InChI=1S/C35H38FN7O8S/c1-52(49,50)25-8-9-26(29(36)20-25)27-5-4-6-28-31(11-13-39-34(27)28)51-43(35(45)46)18-12-23(30(44)22-41-16-2-3-17-41)19-33(43)38-15-14-37-32-10-7-24(21-40-32)42(47)48/h4-11,13,20-21,23,33,38H,2-3,12,14-19,22H2,1H3,(H-,37,40,45,46)/p+1. The van der Waals surface area contributed by atoms with Crippen LogP contribution in [0.3, 0.4) is 0 Å². The van der Waals surface area contributed by atoms with E-state index in [1.54, 1.807) is 18.2 Å². The maximum Gasteiger partial charge on any atom is 0.558 e. The van der Waals surface area contributed by atoms with Crippen LogP contribution in [-0.4, -0.2) is 102 Å². The Kier molecular flexibility index (Phi) is 10.8. The molecule has 52 heavy (non-hydrogen) atoms. The van der Waals surface area contributed by atoms with E-state index in [1.807, 2.05) is 0 Å². The lowest BCUT2D eigenvalue weighted by Gasteiger charge is -2.42. The number of sulfone groups is 1. The highest BCUT2D eigenvalue weighted by Crippen LogP contribution is 2.38. The molecule has 0 radical (unpaired) electrons. The molecule has 3 atom stereocenters. The zero-order chi connectivity index (χ0) is 37.0. The van der Waals surface area contributed by atoms with Crippen LogP contribution >= 0.6 is 0 Å². The number of para-hydroxylation sites is 1. The maximum atomic E-state index is 15.3. The minimum atomic E-state index is -3.65. The molecule has 2 aliphatic heterocycles. The lowest BCUT2D eigenvalue weighted by molar-refractivity contribution is -1.04. The number of pyridine rings is 2. The summed E-state index contributed by atoms with van der Waals surface area (Å²) in [4.78, 5) is 54.1. The molecule has 1 amide bonds. The number of Topliss-reactive ketones (excluding diaryl/α,β-unsaturated/α-hetero) is 1. The predicted molar refractivity (Wildman–Crippen MR) is 189 cm³/mol. The van der Waals surface area contributed by atoms with Crippen molar-refractivity contribution in [3.05, 3.63) is 82.9 Å². The van der Waals surface area contributed by atoms with Crippen LogP contribution in [0.25, 0.3) is 22.0 Å². The van der Waals surface area contributed by atoms with Crippen LogP contribution in [-0.2, 0) is 14.6 Å². The van der Waals surface area contributed by atoms with E-state index in [1.165, 1.54) is 36.5 Å². The second-order valence-electron chi connectivity index (χ2n) is 13.0. The summed E-state index contributed by atoms with van der Waals surface area (Å²) >= 11 is 0. The first-order valence-corrected chi connectivity index (χ1v) is 18.8. The third-order valence-electron chi connectivity index (χ3n) is 9.60. The number of hydroxylamine groups is 3. The van der Waals surface area contributed by atoms with Crippen molar-refractivity contribution in [1.82, 2.24) is 20.2 Å². The van der Waals surface area contributed by atoms with Crippen molar-refractivity contribution in [3.63, 3.8) is 0 Å². The van der Waals surface area contributed by atoms with Gasteiger partial charge in [-0.15, -0.1) is 0 Å². The summed E-state index contributed by atoms with van der Waals surface area (Å²) in [6, 6.07) is 12.9. The van der Waals surface area contributed by atoms with Crippen LogP contribution in [0.15, 0.2) is 71.9 Å². The molecule has 3 N–H and O–H groups in total. The lowest BCUT2D eigenvalue weighted by Crippen LogP contribution is -2.69. The number of amides is 1. The van der Waals surface area contributed by atoms with E-state index in [9.17, 15) is 33.2 Å². The fourth-order valence-electron chi connectivity index (χ4n) is 6.85. The summed E-state index contributed by atoms with van der Waals surface area (Å²) in [5.41, 5.74) is 0.627. The largest absolute Gasteiger partial charge is 0.558 e. The van der Waals surface area contributed by atoms with Gasteiger partial charge >= 0.3 is 6.09 Å². The zero-order valence-electron chi connectivity index (χ0n) is 28.4. The monoisotopic (exact) mass is 736 g/mol. The Morgan fingerprint density at radius 3 is 2.56 bits per heavy atom. The number of aromatic nitrogens is 2. The van der Waals surface area contributed by atoms with Gasteiger partial charge in [-0.2, -0.15) is 4.79 Å². The fraction of sp³-hybridized carbons (Fsp3) is 0.371. The molecule has 2 aromatic carbocycles. The summed E-state index contributed by atoms with van der Waals surface area (Å²) in [5.74, 6) is -0.556. The summed E-state index contributed by atoms with van der Waals surface area (Å²) in [6.45, 7) is 2.48. The van der Waals surface area contributed by atoms with Gasteiger partial charge in [0.25, 0.3) is 5.69 Å². The molecule has 274 valence electrons. The Morgan fingerprint density at radius 2 is 1.88 bits per heavy atom. The van der Waals surface area contributed by atoms with Crippen molar-refractivity contribution < 1.29 is 41.9 Å². The van der Waals surface area contributed by atoms with Crippen LogP contribution < -0.4 is 15.5 Å². The van der Waals surface area contributed by atoms with Gasteiger partial charge < -0.3 is 15.3 Å². The Balaban J connectivity index is 1.28. The van der Waals surface area contributed by atoms with E-state index in [2.05, 4.69) is 25.5 Å². The number of carbonyl (C=O) groups excluding carboxylic acids is 1. The molecule has 15 nitrogen and oxygen atoms in total. The average molecular weight is 737 g/mol. The highest BCUT2D eigenvalue weighted by Gasteiger charge is 2.54. The summed E-state index contributed by atoms with van der Waals surface area (Å²) in [7, 11) is -3.65. The van der Waals surface area contributed by atoms with E-state index in [0.29, 0.717) is 28.8 Å². The number of rotatable bonds is 13. The third kappa shape index (κ3) is 7.86. The van der Waals surface area contributed by atoms with Crippen molar-refractivity contribution in [1.29, 1.82) is 0 Å². The number of halogens is 1. The van der Waals surface area contributed by atoms with Gasteiger partial charge in [-0.25, -0.2) is 17.8 Å². The van der Waals surface area contributed by atoms with Gasteiger partial charge in [0.15, 0.2) is 16.0 Å². The lowest BCUT2D eigenvalue weighted by atomic mass is 9.89. The number of likely N-dealkylation sites (tertiary alicyclic amines) is 2. The van der Waals surface area contributed by atoms with E-state index in [0.717, 1.165) is 44.5 Å². The van der Waals surface area contributed by atoms with Crippen LogP contribution in [0.4, 0.5) is 20.7 Å². The van der Waals surface area contributed by atoms with Crippen molar-refractivity contribution in [2.75, 3.05) is 50.8 Å². The SMILES string of the molecule is CS(=O)(=O)c1ccc(-c2cccc3c(O[N+]4(C(=O)O)CCC(C(=O)CN5CCCC5)CC4NCCNc4ccc([N+](=O)[O-])cn4)ccnc23)c(F)c1. The molecule has 0 bridgehead atoms. The number of hydrogen-bond acceptors (Lipinski definition) is 12. The normalized spacial score (nSPS) is 20.8. The molecule has 17 heteroatoms. The van der Waals surface area contributed by atoms with Gasteiger partial charge in [0.1, 0.15) is 30.2 Å². The molecule has 2 aliphatic rings. The number of fused-ring (bicyclic) bond motifs is 1. The van der Waals surface area contributed by atoms with E-state index in [-0.39, 0.29) is 60.2 Å². The Morgan fingerprint density at radius 1 is 1.10 bits per heavy atom.